The molecule has 0 aliphatic carbocycles. The molecule has 0 radical (unpaired) electrons. The zero-order valence-corrected chi connectivity index (χ0v) is 22.5. The van der Waals surface area contributed by atoms with E-state index in [0.717, 1.165) is 0 Å². The van der Waals surface area contributed by atoms with Crippen molar-refractivity contribution in [3.8, 4) is 35.3 Å². The molecule has 0 bridgehead atoms. The first-order valence-electron chi connectivity index (χ1n) is 12.2. The molecule has 41 heavy (non-hydrogen) atoms. The lowest BCUT2D eigenvalue weighted by Gasteiger charge is -2.27. The van der Waals surface area contributed by atoms with Gasteiger partial charge in [0.25, 0.3) is 11.8 Å². The Labute approximate surface area is 234 Å². The standard InChI is InChI=1S/C27H27N7O7/c1-13(35)20-21(36)32-19-22(38-17-9-8-14(12-28)18(11-17)24(37)41-27(2,3)4)33-26(34-23(19)40-20)39-16-7-5-6-15(10-16)31-25(29)30/h5-11,13,20,35H,1-4H3,(H,32,36)(H4,29,30,31). The van der Waals surface area contributed by atoms with E-state index in [4.69, 9.17) is 30.1 Å². The highest BCUT2D eigenvalue weighted by atomic mass is 16.6. The number of benzene rings is 2. The number of hydrogen-bond acceptors (Lipinski definition) is 11. The molecule has 0 saturated heterocycles. The molecule has 2 unspecified atom stereocenters. The summed E-state index contributed by atoms with van der Waals surface area (Å²) in [6.45, 7) is 6.47. The summed E-state index contributed by atoms with van der Waals surface area (Å²) in [5, 5.41) is 32.1. The highest BCUT2D eigenvalue weighted by molar-refractivity contribution is 5.99. The molecule has 4 rings (SSSR count). The minimum Gasteiger partial charge on any atom is -0.460 e. The molecule has 0 fully saturated rings. The van der Waals surface area contributed by atoms with Crippen LogP contribution in [0.25, 0.3) is 0 Å². The Morgan fingerprint density at radius 3 is 2.61 bits per heavy atom. The van der Waals surface area contributed by atoms with E-state index in [1.54, 1.807) is 45.0 Å². The third-order valence-electron chi connectivity index (χ3n) is 5.27. The van der Waals surface area contributed by atoms with Gasteiger partial charge in [-0.1, -0.05) is 6.07 Å². The molecule has 0 spiro atoms. The zero-order valence-electron chi connectivity index (χ0n) is 22.5. The average Bonchev–Trinajstić information content (AvgIpc) is 2.87. The molecule has 3 aromatic rings. The van der Waals surface area contributed by atoms with Crippen molar-refractivity contribution in [2.24, 2.45) is 5.73 Å². The van der Waals surface area contributed by atoms with Crippen molar-refractivity contribution in [3.05, 3.63) is 53.6 Å². The molecule has 0 saturated carbocycles. The van der Waals surface area contributed by atoms with E-state index in [1.165, 1.54) is 25.1 Å². The summed E-state index contributed by atoms with van der Waals surface area (Å²) in [6, 6.07) is 12.3. The number of carbonyl (C=O) groups is 2. The normalized spacial score (nSPS) is 14.8. The first-order valence-corrected chi connectivity index (χ1v) is 12.2. The number of rotatable bonds is 7. The first-order chi connectivity index (χ1) is 19.3. The van der Waals surface area contributed by atoms with Gasteiger partial charge in [-0.15, -0.1) is 0 Å². The van der Waals surface area contributed by atoms with Gasteiger partial charge in [0.1, 0.15) is 23.2 Å². The van der Waals surface area contributed by atoms with Crippen LogP contribution in [-0.2, 0) is 9.53 Å². The van der Waals surface area contributed by atoms with Crippen LogP contribution in [-0.4, -0.2) is 50.7 Å². The van der Waals surface area contributed by atoms with Crippen LogP contribution >= 0.6 is 0 Å². The highest BCUT2D eigenvalue weighted by Gasteiger charge is 2.36. The fourth-order valence-electron chi connectivity index (χ4n) is 3.60. The summed E-state index contributed by atoms with van der Waals surface area (Å²) >= 11 is 0. The number of aliphatic hydroxyl groups is 1. The smallest absolute Gasteiger partial charge is 0.340 e. The fourth-order valence-corrected chi connectivity index (χ4v) is 3.60. The second-order valence-corrected chi connectivity index (χ2v) is 9.85. The summed E-state index contributed by atoms with van der Waals surface area (Å²) in [6.07, 6.45) is -2.44. The van der Waals surface area contributed by atoms with Crippen molar-refractivity contribution < 1.29 is 33.6 Å². The van der Waals surface area contributed by atoms with Gasteiger partial charge >= 0.3 is 12.0 Å². The number of guanidine groups is 1. The van der Waals surface area contributed by atoms with Gasteiger partial charge in [-0.05, 0) is 58.0 Å². The predicted molar refractivity (Wildman–Crippen MR) is 145 cm³/mol. The van der Waals surface area contributed by atoms with Crippen molar-refractivity contribution in [2.75, 3.05) is 10.6 Å². The van der Waals surface area contributed by atoms with Gasteiger partial charge in [-0.3, -0.25) is 10.2 Å². The Morgan fingerprint density at radius 2 is 1.95 bits per heavy atom. The number of esters is 1. The van der Waals surface area contributed by atoms with E-state index < -0.39 is 29.7 Å². The van der Waals surface area contributed by atoms with Gasteiger partial charge in [0.15, 0.2) is 11.6 Å². The van der Waals surface area contributed by atoms with Crippen LogP contribution in [0.3, 0.4) is 0 Å². The third-order valence-corrected chi connectivity index (χ3v) is 5.27. The number of aliphatic hydroxyl groups excluding tert-OH is 1. The average molecular weight is 562 g/mol. The molecule has 1 aliphatic rings. The predicted octanol–water partition coefficient (Wildman–Crippen LogP) is 3.27. The Balaban J connectivity index is 1.74. The monoisotopic (exact) mass is 561 g/mol. The van der Waals surface area contributed by atoms with Crippen molar-refractivity contribution in [1.29, 1.82) is 10.7 Å². The summed E-state index contributed by atoms with van der Waals surface area (Å²) in [5.74, 6) is -1.68. The van der Waals surface area contributed by atoms with Crippen LogP contribution in [0.5, 0.6) is 29.3 Å². The van der Waals surface area contributed by atoms with Gasteiger partial charge in [0.05, 0.1) is 17.2 Å². The lowest BCUT2D eigenvalue weighted by molar-refractivity contribution is -0.128. The number of nitriles is 1. The zero-order chi connectivity index (χ0) is 29.9. The maximum absolute atomic E-state index is 12.8. The first kappa shape index (κ1) is 28.6. The van der Waals surface area contributed by atoms with Gasteiger partial charge < -0.3 is 40.4 Å². The molecule has 1 aromatic heterocycles. The molecule has 2 aromatic carbocycles. The van der Waals surface area contributed by atoms with E-state index in [-0.39, 0.29) is 52.0 Å². The van der Waals surface area contributed by atoms with E-state index >= 15 is 0 Å². The van der Waals surface area contributed by atoms with E-state index in [2.05, 4.69) is 20.6 Å². The van der Waals surface area contributed by atoms with Crippen molar-refractivity contribution >= 4 is 29.2 Å². The Bertz CT molecular complexity index is 1560. The molecular formula is C27H27N7O7. The van der Waals surface area contributed by atoms with Crippen LogP contribution in [0.1, 0.15) is 43.6 Å². The van der Waals surface area contributed by atoms with E-state index in [0.29, 0.717) is 5.69 Å². The van der Waals surface area contributed by atoms with Gasteiger partial charge in [0, 0.05) is 11.8 Å². The summed E-state index contributed by atoms with van der Waals surface area (Å²) < 4.78 is 22.8. The number of hydrogen-bond donors (Lipinski definition) is 5. The summed E-state index contributed by atoms with van der Waals surface area (Å²) in [4.78, 5) is 33.8. The Kier molecular flexibility index (Phi) is 7.92. The largest absolute Gasteiger partial charge is 0.460 e. The van der Waals surface area contributed by atoms with Crippen molar-refractivity contribution in [1.82, 2.24) is 9.97 Å². The number of aromatic nitrogens is 2. The van der Waals surface area contributed by atoms with Crippen LogP contribution < -0.4 is 30.6 Å². The number of fused-ring (bicyclic) bond motifs is 1. The second kappa shape index (κ2) is 11.4. The Morgan fingerprint density at radius 1 is 1.22 bits per heavy atom. The van der Waals surface area contributed by atoms with Gasteiger partial charge in [-0.2, -0.15) is 15.2 Å². The third kappa shape index (κ3) is 6.97. The molecule has 1 amide bonds. The molecule has 14 nitrogen and oxygen atoms in total. The number of nitrogens with two attached hydrogens (primary N) is 1. The van der Waals surface area contributed by atoms with Crippen LogP contribution in [0.4, 0.5) is 11.4 Å². The number of anilines is 2. The minimum atomic E-state index is -1.27. The van der Waals surface area contributed by atoms with Crippen LogP contribution in [0.15, 0.2) is 42.5 Å². The van der Waals surface area contributed by atoms with E-state index in [1.807, 2.05) is 6.07 Å². The lowest BCUT2D eigenvalue weighted by atomic mass is 10.1. The topological polar surface area (TPSA) is 215 Å². The molecule has 2 atom stereocenters. The number of nitrogens with one attached hydrogen (secondary N) is 3. The van der Waals surface area contributed by atoms with Crippen LogP contribution in [0, 0.1) is 16.7 Å². The number of amides is 1. The minimum absolute atomic E-state index is 0.0384. The fraction of sp³-hybridized carbons (Fsp3) is 0.259. The SMILES string of the molecule is CC(O)C1Oc2nc(Oc3cccc(NC(=N)N)c3)nc(Oc3ccc(C#N)c(C(=O)OC(C)(C)C)c3)c2NC1=O. The summed E-state index contributed by atoms with van der Waals surface area (Å²) in [7, 11) is 0. The maximum Gasteiger partial charge on any atom is 0.340 e. The van der Waals surface area contributed by atoms with Crippen LogP contribution in [0.2, 0.25) is 0 Å². The Hall–Kier alpha value is -5.42. The molecule has 212 valence electrons. The summed E-state index contributed by atoms with van der Waals surface area (Å²) in [5.41, 5.74) is 5.03. The van der Waals surface area contributed by atoms with Gasteiger partial charge in [-0.25, -0.2) is 4.79 Å². The van der Waals surface area contributed by atoms with Crippen molar-refractivity contribution in [2.45, 2.75) is 45.5 Å². The molecule has 6 N–H and O–H groups in total. The number of ether oxygens (including phenoxy) is 4. The molecule has 1 aliphatic heterocycles. The number of carbonyl (C=O) groups excluding carboxylic acids is 2. The lowest BCUT2D eigenvalue weighted by Crippen LogP contribution is -2.44. The molecular weight excluding hydrogens is 534 g/mol. The van der Waals surface area contributed by atoms with Gasteiger partial charge in [0.2, 0.25) is 12.0 Å². The molecule has 14 heteroatoms. The van der Waals surface area contributed by atoms with Crippen molar-refractivity contribution in [3.63, 3.8) is 0 Å². The number of nitrogens with zero attached hydrogens (tertiary/aromatic N) is 3. The maximum atomic E-state index is 12.8. The second-order valence-electron chi connectivity index (χ2n) is 9.85. The van der Waals surface area contributed by atoms with E-state index in [9.17, 15) is 20.0 Å². The highest BCUT2D eigenvalue weighted by Crippen LogP contribution is 2.40. The quantitative estimate of drug-likeness (QED) is 0.160. The molecule has 2 heterocycles.